The summed E-state index contributed by atoms with van der Waals surface area (Å²) < 4.78 is 0. The molecule has 6 nitrogen and oxygen atoms in total. The van der Waals surface area contributed by atoms with Crippen LogP contribution in [0.5, 0.6) is 0 Å². The quantitative estimate of drug-likeness (QED) is 0.741. The third-order valence-electron chi connectivity index (χ3n) is 2.62. The lowest BCUT2D eigenvalue weighted by molar-refractivity contribution is -0.141. The van der Waals surface area contributed by atoms with Gasteiger partial charge in [-0.05, 0) is 17.7 Å². The maximum Gasteiger partial charge on any atom is 0.326 e. The Hall–Kier alpha value is -2.37. The molecule has 6 heteroatoms. The molecule has 0 saturated carbocycles. The highest BCUT2D eigenvalue weighted by atomic mass is 16.4. The van der Waals surface area contributed by atoms with E-state index < -0.39 is 12.0 Å². The number of H-pyrrole nitrogens is 1. The van der Waals surface area contributed by atoms with Crippen LogP contribution in [0.3, 0.4) is 0 Å². The zero-order valence-corrected chi connectivity index (χ0v) is 9.80. The number of fused-ring (bicyclic) bond motifs is 1. The summed E-state index contributed by atoms with van der Waals surface area (Å²) in [6.07, 6.45) is 1.92. The average molecular weight is 247 g/mol. The predicted octanol–water partition coefficient (Wildman–Crippen LogP) is 0.695. The summed E-state index contributed by atoms with van der Waals surface area (Å²) in [5.74, 6) is -1.40. The van der Waals surface area contributed by atoms with E-state index in [1.807, 2.05) is 18.2 Å². The summed E-state index contributed by atoms with van der Waals surface area (Å²) in [6, 6.07) is 4.60. The molecule has 1 aromatic heterocycles. The van der Waals surface area contributed by atoms with Crippen molar-refractivity contribution >= 4 is 22.8 Å². The van der Waals surface area contributed by atoms with Crippen LogP contribution >= 0.6 is 0 Å². The summed E-state index contributed by atoms with van der Waals surface area (Å²) in [5, 5.41) is 19.1. The Bertz CT molecular complexity index is 591. The van der Waals surface area contributed by atoms with Crippen molar-refractivity contribution in [3.63, 3.8) is 0 Å². The Kier molecular flexibility index (Phi) is 3.27. The van der Waals surface area contributed by atoms with Gasteiger partial charge in [-0.15, -0.1) is 0 Å². The minimum Gasteiger partial charge on any atom is -0.480 e. The number of carboxylic acids is 1. The molecule has 18 heavy (non-hydrogen) atoms. The number of carbonyl (C=O) groups excluding carboxylic acids is 1. The summed E-state index contributed by atoms with van der Waals surface area (Å²) in [4.78, 5) is 22.0. The van der Waals surface area contributed by atoms with Gasteiger partial charge in [0, 0.05) is 18.7 Å². The van der Waals surface area contributed by atoms with Crippen LogP contribution in [0.1, 0.15) is 12.5 Å². The highest BCUT2D eigenvalue weighted by molar-refractivity contribution is 5.83. The Labute approximate surface area is 103 Å². The zero-order valence-electron chi connectivity index (χ0n) is 9.80. The molecule has 0 aliphatic heterocycles. The van der Waals surface area contributed by atoms with E-state index in [0.717, 1.165) is 16.5 Å². The van der Waals surface area contributed by atoms with Crippen molar-refractivity contribution in [2.45, 2.75) is 19.4 Å². The predicted molar refractivity (Wildman–Crippen MR) is 65.0 cm³/mol. The molecule has 0 saturated heterocycles. The molecule has 0 spiro atoms. The Balaban J connectivity index is 2.19. The maximum atomic E-state index is 11.0. The van der Waals surface area contributed by atoms with E-state index in [-0.39, 0.29) is 12.3 Å². The highest BCUT2D eigenvalue weighted by Crippen LogP contribution is 2.14. The van der Waals surface area contributed by atoms with E-state index in [2.05, 4.69) is 15.5 Å². The Morgan fingerprint density at radius 2 is 2.28 bits per heavy atom. The molecule has 1 atom stereocenters. The van der Waals surface area contributed by atoms with Gasteiger partial charge >= 0.3 is 5.97 Å². The third kappa shape index (κ3) is 2.65. The monoisotopic (exact) mass is 247 g/mol. The third-order valence-corrected chi connectivity index (χ3v) is 2.62. The molecule has 1 aromatic carbocycles. The normalized spacial score (nSPS) is 12.3. The first kappa shape index (κ1) is 12.1. The number of rotatable bonds is 4. The minimum atomic E-state index is -1.04. The zero-order chi connectivity index (χ0) is 13.1. The minimum absolute atomic E-state index is 0.246. The molecule has 1 heterocycles. The van der Waals surface area contributed by atoms with Gasteiger partial charge in [0.2, 0.25) is 5.91 Å². The molecule has 0 aliphatic carbocycles. The van der Waals surface area contributed by atoms with E-state index in [0.29, 0.717) is 0 Å². The van der Waals surface area contributed by atoms with Gasteiger partial charge < -0.3 is 10.4 Å². The number of carbonyl (C=O) groups is 2. The second-order valence-electron chi connectivity index (χ2n) is 4.09. The second kappa shape index (κ2) is 4.87. The van der Waals surface area contributed by atoms with Crippen molar-refractivity contribution in [2.24, 2.45) is 0 Å². The molecule has 94 valence electrons. The summed E-state index contributed by atoms with van der Waals surface area (Å²) in [5.41, 5.74) is 1.73. The number of nitrogens with zero attached hydrogens (tertiary/aromatic N) is 1. The van der Waals surface area contributed by atoms with Crippen molar-refractivity contribution < 1.29 is 14.7 Å². The van der Waals surface area contributed by atoms with Gasteiger partial charge in [-0.25, -0.2) is 4.79 Å². The average Bonchev–Trinajstić information content (AvgIpc) is 2.74. The molecule has 0 aliphatic rings. The van der Waals surface area contributed by atoms with Crippen LogP contribution in [0, 0.1) is 0 Å². The van der Waals surface area contributed by atoms with E-state index in [4.69, 9.17) is 5.11 Å². The molecule has 2 aromatic rings. The van der Waals surface area contributed by atoms with Crippen LogP contribution < -0.4 is 5.32 Å². The largest absolute Gasteiger partial charge is 0.480 e. The lowest BCUT2D eigenvalue weighted by Crippen LogP contribution is -2.41. The Morgan fingerprint density at radius 1 is 1.50 bits per heavy atom. The number of aromatic amines is 1. The van der Waals surface area contributed by atoms with E-state index in [1.165, 1.54) is 6.92 Å². The molecule has 0 fully saturated rings. The molecule has 3 N–H and O–H groups in total. The summed E-state index contributed by atoms with van der Waals surface area (Å²) >= 11 is 0. The van der Waals surface area contributed by atoms with Crippen LogP contribution in [0.2, 0.25) is 0 Å². The second-order valence-corrected chi connectivity index (χ2v) is 4.09. The van der Waals surface area contributed by atoms with Crippen LogP contribution in [0.25, 0.3) is 10.9 Å². The van der Waals surface area contributed by atoms with E-state index in [1.54, 1.807) is 6.20 Å². The first-order chi connectivity index (χ1) is 8.56. The fourth-order valence-corrected chi connectivity index (χ4v) is 1.80. The van der Waals surface area contributed by atoms with E-state index in [9.17, 15) is 9.59 Å². The fraction of sp³-hybridized carbons (Fsp3) is 0.250. The number of hydrogen-bond donors (Lipinski definition) is 3. The molecular formula is C12H13N3O3. The number of benzene rings is 1. The first-order valence-corrected chi connectivity index (χ1v) is 5.48. The SMILES string of the molecule is CC(=O)NC(Cc1ccc2[nH]ncc2c1)C(=O)O. The molecule has 1 amide bonds. The van der Waals surface area contributed by atoms with E-state index >= 15 is 0 Å². The van der Waals surface area contributed by atoms with Gasteiger partial charge in [0.05, 0.1) is 11.7 Å². The van der Waals surface area contributed by atoms with Gasteiger partial charge in [0.15, 0.2) is 0 Å². The van der Waals surface area contributed by atoms with Crippen LogP contribution in [0.4, 0.5) is 0 Å². The van der Waals surface area contributed by atoms with Gasteiger partial charge in [-0.3, -0.25) is 9.89 Å². The fourth-order valence-electron chi connectivity index (χ4n) is 1.80. The molecule has 2 rings (SSSR count). The van der Waals surface area contributed by atoms with Gasteiger partial charge in [-0.1, -0.05) is 6.07 Å². The maximum absolute atomic E-state index is 11.0. The van der Waals surface area contributed by atoms with Crippen molar-refractivity contribution in [3.05, 3.63) is 30.0 Å². The molecular weight excluding hydrogens is 234 g/mol. The molecule has 1 unspecified atom stereocenters. The van der Waals surface area contributed by atoms with Crippen molar-refractivity contribution in [2.75, 3.05) is 0 Å². The number of hydrogen-bond acceptors (Lipinski definition) is 3. The standard InChI is InChI=1S/C12H13N3O3/c1-7(16)14-11(12(17)18)5-8-2-3-10-9(4-8)6-13-15-10/h2-4,6,11H,5H2,1H3,(H,13,15)(H,14,16)(H,17,18). The van der Waals surface area contributed by atoms with Gasteiger partial charge in [0.1, 0.15) is 6.04 Å². The number of amides is 1. The summed E-state index contributed by atoms with van der Waals surface area (Å²) in [6.45, 7) is 1.30. The number of aromatic nitrogens is 2. The van der Waals surface area contributed by atoms with Crippen molar-refractivity contribution in [1.29, 1.82) is 0 Å². The molecule has 0 radical (unpaired) electrons. The van der Waals surface area contributed by atoms with Gasteiger partial charge in [0.25, 0.3) is 0 Å². The van der Waals surface area contributed by atoms with Crippen LogP contribution in [0.15, 0.2) is 24.4 Å². The topological polar surface area (TPSA) is 95.1 Å². The van der Waals surface area contributed by atoms with Crippen molar-refractivity contribution in [1.82, 2.24) is 15.5 Å². The van der Waals surface area contributed by atoms with Crippen LogP contribution in [-0.2, 0) is 16.0 Å². The number of nitrogens with one attached hydrogen (secondary N) is 2. The highest BCUT2D eigenvalue weighted by Gasteiger charge is 2.18. The smallest absolute Gasteiger partial charge is 0.326 e. The lowest BCUT2D eigenvalue weighted by atomic mass is 10.0. The summed E-state index contributed by atoms with van der Waals surface area (Å²) in [7, 11) is 0. The number of aliphatic carboxylic acids is 1. The molecule has 0 bridgehead atoms. The lowest BCUT2D eigenvalue weighted by Gasteiger charge is -2.13. The number of carboxylic acid groups (broad SMARTS) is 1. The van der Waals surface area contributed by atoms with Crippen LogP contribution in [-0.4, -0.2) is 33.2 Å². The first-order valence-electron chi connectivity index (χ1n) is 5.48. The van der Waals surface area contributed by atoms with Gasteiger partial charge in [-0.2, -0.15) is 5.10 Å². The Morgan fingerprint density at radius 3 is 2.94 bits per heavy atom. The van der Waals surface area contributed by atoms with Crippen molar-refractivity contribution in [3.8, 4) is 0 Å².